The molecule has 2 atom stereocenters. The van der Waals surface area contributed by atoms with Crippen LogP contribution in [0.15, 0.2) is 55.1 Å². The summed E-state index contributed by atoms with van der Waals surface area (Å²) in [5.74, 6) is 1.01. The molecule has 0 saturated carbocycles. The van der Waals surface area contributed by atoms with Crippen LogP contribution in [0.1, 0.15) is 25.5 Å². The Labute approximate surface area is 214 Å². The van der Waals surface area contributed by atoms with E-state index in [4.69, 9.17) is 14.2 Å². The van der Waals surface area contributed by atoms with Crippen molar-refractivity contribution in [3.63, 3.8) is 0 Å². The Morgan fingerprint density at radius 1 is 0.892 bits per heavy atom. The lowest BCUT2D eigenvalue weighted by Gasteiger charge is -2.21. The molecule has 0 unspecified atom stereocenters. The highest BCUT2D eigenvalue weighted by molar-refractivity contribution is 7.93. The number of nitrogens with one attached hydrogen (secondary N) is 1. The topological polar surface area (TPSA) is 143 Å². The summed E-state index contributed by atoms with van der Waals surface area (Å²) in [6.07, 6.45) is 6.18. The Bertz CT molecular complexity index is 1440. The molecule has 37 heavy (non-hydrogen) atoms. The third kappa shape index (κ3) is 5.16. The van der Waals surface area contributed by atoms with E-state index < -0.39 is 21.2 Å². The predicted molar refractivity (Wildman–Crippen MR) is 137 cm³/mol. The summed E-state index contributed by atoms with van der Waals surface area (Å²) in [6, 6.07) is 8.77. The highest BCUT2D eigenvalue weighted by Crippen LogP contribution is 2.38. The first kappa shape index (κ1) is 25.8. The molecule has 0 fully saturated rings. The van der Waals surface area contributed by atoms with Gasteiger partial charge in [-0.05, 0) is 31.2 Å². The highest BCUT2D eigenvalue weighted by Gasteiger charge is 2.32. The fraction of sp³-hybridized carbons (Fsp3) is 0.292. The Kier molecular flexibility index (Phi) is 7.53. The number of hydrogen-bond acceptors (Lipinski definition) is 10. The number of ether oxygens (including phenoxy) is 3. The molecule has 0 spiro atoms. The summed E-state index contributed by atoms with van der Waals surface area (Å²) in [4.78, 5) is 12.6. The summed E-state index contributed by atoms with van der Waals surface area (Å²) in [6.45, 7) is 3.35. The standard InChI is InChI=1S/C24H27N7O5S/c1-15(18-13-27-21(36-5)14-26-18)16(2)37(32,33)30-24-29-28-23(17-8-7-11-25-12-17)31(24)22-19(34-3)9-6-10-20(22)35-4/h6-16H,1-5H3,(H,29,30)/t15-,16-/m0/s1. The molecule has 0 saturated heterocycles. The number of pyridine rings is 1. The number of rotatable bonds is 10. The van der Waals surface area contributed by atoms with Crippen LogP contribution >= 0.6 is 0 Å². The summed E-state index contributed by atoms with van der Waals surface area (Å²) in [5, 5.41) is 7.56. The van der Waals surface area contributed by atoms with Gasteiger partial charge in [0.15, 0.2) is 5.82 Å². The van der Waals surface area contributed by atoms with Crippen molar-refractivity contribution in [2.24, 2.45) is 0 Å². The van der Waals surface area contributed by atoms with Gasteiger partial charge in [0.2, 0.25) is 21.9 Å². The van der Waals surface area contributed by atoms with Gasteiger partial charge in [-0.1, -0.05) is 13.0 Å². The average Bonchev–Trinajstić information content (AvgIpc) is 3.34. The van der Waals surface area contributed by atoms with Crippen molar-refractivity contribution >= 4 is 16.0 Å². The predicted octanol–water partition coefficient (Wildman–Crippen LogP) is 3.08. The second-order valence-electron chi connectivity index (χ2n) is 8.06. The molecular weight excluding hydrogens is 498 g/mol. The summed E-state index contributed by atoms with van der Waals surface area (Å²) < 4.78 is 47.4. The minimum Gasteiger partial charge on any atom is -0.494 e. The Hall–Kier alpha value is -4.26. The Balaban J connectivity index is 1.79. The van der Waals surface area contributed by atoms with Gasteiger partial charge in [-0.15, -0.1) is 10.2 Å². The van der Waals surface area contributed by atoms with Gasteiger partial charge < -0.3 is 14.2 Å². The van der Waals surface area contributed by atoms with Crippen molar-refractivity contribution in [2.75, 3.05) is 26.1 Å². The zero-order valence-electron chi connectivity index (χ0n) is 21.0. The van der Waals surface area contributed by atoms with Crippen molar-refractivity contribution in [1.29, 1.82) is 0 Å². The molecule has 4 aromatic rings. The number of hydrogen-bond donors (Lipinski definition) is 1. The Morgan fingerprint density at radius 2 is 1.62 bits per heavy atom. The number of benzene rings is 1. The maximum Gasteiger partial charge on any atom is 0.243 e. The number of methoxy groups -OCH3 is 3. The number of sulfonamides is 1. The van der Waals surface area contributed by atoms with E-state index in [-0.39, 0.29) is 5.95 Å². The maximum absolute atomic E-state index is 13.5. The van der Waals surface area contributed by atoms with Gasteiger partial charge in [-0.3, -0.25) is 19.3 Å². The lowest BCUT2D eigenvalue weighted by atomic mass is 10.1. The zero-order valence-corrected chi connectivity index (χ0v) is 21.8. The van der Waals surface area contributed by atoms with E-state index >= 15 is 0 Å². The third-order valence-corrected chi connectivity index (χ3v) is 7.81. The van der Waals surface area contributed by atoms with Crippen molar-refractivity contribution in [2.45, 2.75) is 25.0 Å². The molecule has 1 N–H and O–H groups in total. The monoisotopic (exact) mass is 525 g/mol. The molecule has 13 heteroatoms. The van der Waals surface area contributed by atoms with Crippen LogP contribution in [0.2, 0.25) is 0 Å². The van der Waals surface area contributed by atoms with E-state index in [1.165, 1.54) is 38.3 Å². The fourth-order valence-corrected chi connectivity index (χ4v) is 4.94. The number of para-hydroxylation sites is 1. The van der Waals surface area contributed by atoms with Crippen molar-refractivity contribution in [3.05, 3.63) is 60.8 Å². The van der Waals surface area contributed by atoms with Gasteiger partial charge in [-0.25, -0.2) is 13.4 Å². The molecule has 194 valence electrons. The van der Waals surface area contributed by atoms with Crippen molar-refractivity contribution < 1.29 is 22.6 Å². The molecule has 0 aliphatic heterocycles. The smallest absolute Gasteiger partial charge is 0.243 e. The minimum absolute atomic E-state index is 0.0403. The fourth-order valence-electron chi connectivity index (χ4n) is 3.69. The van der Waals surface area contributed by atoms with Crippen LogP contribution in [0.3, 0.4) is 0 Å². The Morgan fingerprint density at radius 3 is 2.19 bits per heavy atom. The van der Waals surface area contributed by atoms with Gasteiger partial charge >= 0.3 is 0 Å². The van der Waals surface area contributed by atoms with E-state index in [2.05, 4.69) is 29.9 Å². The van der Waals surface area contributed by atoms with E-state index in [0.29, 0.717) is 40.1 Å². The van der Waals surface area contributed by atoms with E-state index in [1.54, 1.807) is 56.6 Å². The van der Waals surface area contributed by atoms with Crippen LogP contribution in [0.5, 0.6) is 17.4 Å². The zero-order chi connectivity index (χ0) is 26.6. The van der Waals surface area contributed by atoms with Gasteiger partial charge in [0, 0.05) is 23.9 Å². The van der Waals surface area contributed by atoms with Crippen molar-refractivity contribution in [1.82, 2.24) is 29.7 Å². The van der Waals surface area contributed by atoms with Gasteiger partial charge in [0.05, 0.1) is 44.7 Å². The van der Waals surface area contributed by atoms with Gasteiger partial charge in [0.1, 0.15) is 17.2 Å². The average molecular weight is 526 g/mol. The van der Waals surface area contributed by atoms with Crippen LogP contribution in [0.4, 0.5) is 5.95 Å². The molecule has 12 nitrogen and oxygen atoms in total. The van der Waals surface area contributed by atoms with Crippen LogP contribution in [0, 0.1) is 0 Å². The lowest BCUT2D eigenvalue weighted by Crippen LogP contribution is -2.31. The summed E-state index contributed by atoms with van der Waals surface area (Å²) in [7, 11) is 0.518. The summed E-state index contributed by atoms with van der Waals surface area (Å²) >= 11 is 0. The first-order valence-corrected chi connectivity index (χ1v) is 12.8. The molecule has 3 heterocycles. The van der Waals surface area contributed by atoms with Crippen LogP contribution in [-0.2, 0) is 10.0 Å². The molecule has 1 aromatic carbocycles. The molecular formula is C24H27N7O5S. The number of anilines is 1. The highest BCUT2D eigenvalue weighted by atomic mass is 32.2. The first-order valence-electron chi connectivity index (χ1n) is 11.3. The van der Waals surface area contributed by atoms with E-state index in [0.717, 1.165) is 0 Å². The van der Waals surface area contributed by atoms with Crippen LogP contribution < -0.4 is 18.9 Å². The number of aromatic nitrogens is 6. The molecule has 0 amide bonds. The van der Waals surface area contributed by atoms with Gasteiger partial charge in [-0.2, -0.15) is 0 Å². The first-order chi connectivity index (χ1) is 17.8. The molecule has 0 radical (unpaired) electrons. The van der Waals surface area contributed by atoms with Gasteiger partial charge in [0.25, 0.3) is 0 Å². The van der Waals surface area contributed by atoms with Crippen LogP contribution in [-0.4, -0.2) is 64.7 Å². The SMILES string of the molecule is COc1cnc([C@@H](C)[C@H](C)S(=O)(=O)Nc2nnc(-c3cccnc3)n2-c2c(OC)cccc2OC)cn1. The largest absolute Gasteiger partial charge is 0.494 e. The number of nitrogens with zero attached hydrogens (tertiary/aromatic N) is 6. The van der Waals surface area contributed by atoms with E-state index in [1.807, 2.05) is 0 Å². The maximum atomic E-state index is 13.5. The summed E-state index contributed by atoms with van der Waals surface area (Å²) in [5.41, 5.74) is 1.54. The van der Waals surface area contributed by atoms with Crippen molar-refractivity contribution in [3.8, 4) is 34.5 Å². The van der Waals surface area contributed by atoms with Crippen LogP contribution in [0.25, 0.3) is 17.1 Å². The second kappa shape index (κ2) is 10.8. The van der Waals surface area contributed by atoms with E-state index in [9.17, 15) is 8.42 Å². The quantitative estimate of drug-likeness (QED) is 0.328. The molecule has 0 aliphatic rings. The molecule has 0 aliphatic carbocycles. The molecule has 0 bridgehead atoms. The minimum atomic E-state index is -3.98. The second-order valence-corrected chi connectivity index (χ2v) is 10.1. The molecule has 3 aromatic heterocycles. The lowest BCUT2D eigenvalue weighted by molar-refractivity contribution is 0.391. The molecule has 4 rings (SSSR count). The normalized spacial score (nSPS) is 13.0. The third-order valence-electron chi connectivity index (χ3n) is 5.96.